The number of rotatable bonds is 4. The molecular formula is C14H16FNS. The van der Waals surface area contributed by atoms with Crippen LogP contribution in [0.4, 0.5) is 4.39 Å². The van der Waals surface area contributed by atoms with E-state index in [1.165, 1.54) is 4.88 Å². The number of hydrogen-bond donors (Lipinski definition) is 1. The molecule has 3 heteroatoms. The van der Waals surface area contributed by atoms with Crippen LogP contribution in [0.3, 0.4) is 0 Å². The first-order valence-electron chi connectivity index (χ1n) is 5.76. The first-order valence-corrected chi connectivity index (χ1v) is 6.57. The van der Waals surface area contributed by atoms with Gasteiger partial charge in [0.25, 0.3) is 0 Å². The van der Waals surface area contributed by atoms with E-state index >= 15 is 0 Å². The summed E-state index contributed by atoms with van der Waals surface area (Å²) in [7, 11) is 0. The molecule has 2 aromatic rings. The van der Waals surface area contributed by atoms with E-state index in [0.717, 1.165) is 29.1 Å². The van der Waals surface area contributed by atoms with Gasteiger partial charge in [0.15, 0.2) is 0 Å². The predicted octanol–water partition coefficient (Wildman–Crippen LogP) is 3.97. The lowest BCUT2D eigenvalue weighted by atomic mass is 10.1. The predicted molar refractivity (Wildman–Crippen MR) is 71.8 cm³/mol. The van der Waals surface area contributed by atoms with Crippen molar-refractivity contribution in [2.75, 3.05) is 6.54 Å². The molecule has 1 N–H and O–H groups in total. The minimum absolute atomic E-state index is 0.165. The molecule has 0 radical (unpaired) electrons. The molecule has 1 nitrogen and oxygen atoms in total. The number of nitrogens with one attached hydrogen (secondary N) is 1. The minimum Gasteiger partial charge on any atom is -0.312 e. The Hall–Kier alpha value is -1.19. The molecule has 0 bridgehead atoms. The fourth-order valence-electron chi connectivity index (χ4n) is 1.75. The molecule has 0 spiro atoms. The van der Waals surface area contributed by atoms with Gasteiger partial charge in [-0.2, -0.15) is 0 Å². The van der Waals surface area contributed by atoms with E-state index in [1.807, 2.05) is 13.0 Å². The minimum atomic E-state index is -0.165. The van der Waals surface area contributed by atoms with E-state index in [-0.39, 0.29) is 5.82 Å². The second-order valence-electron chi connectivity index (χ2n) is 4.06. The maximum Gasteiger partial charge on any atom is 0.124 e. The topological polar surface area (TPSA) is 12.0 Å². The van der Waals surface area contributed by atoms with Crippen molar-refractivity contribution in [1.82, 2.24) is 5.32 Å². The van der Waals surface area contributed by atoms with Crippen molar-refractivity contribution in [2.45, 2.75) is 20.4 Å². The van der Waals surface area contributed by atoms with E-state index in [2.05, 4.69) is 24.4 Å². The van der Waals surface area contributed by atoms with Gasteiger partial charge in [-0.05, 0) is 48.9 Å². The summed E-state index contributed by atoms with van der Waals surface area (Å²) in [4.78, 5) is 2.41. The summed E-state index contributed by atoms with van der Waals surface area (Å²) in [6.07, 6.45) is 0. The average Bonchev–Trinajstić information content (AvgIpc) is 2.73. The molecule has 17 heavy (non-hydrogen) atoms. The molecule has 1 aromatic carbocycles. The van der Waals surface area contributed by atoms with Crippen LogP contribution >= 0.6 is 11.3 Å². The van der Waals surface area contributed by atoms with Crippen molar-refractivity contribution in [3.8, 4) is 10.4 Å². The maximum atomic E-state index is 13.3. The van der Waals surface area contributed by atoms with Gasteiger partial charge in [-0.1, -0.05) is 13.0 Å². The smallest absolute Gasteiger partial charge is 0.124 e. The molecule has 0 atom stereocenters. The lowest BCUT2D eigenvalue weighted by molar-refractivity contribution is 0.627. The zero-order valence-electron chi connectivity index (χ0n) is 10.1. The van der Waals surface area contributed by atoms with Crippen LogP contribution in [0.25, 0.3) is 10.4 Å². The highest BCUT2D eigenvalue weighted by Gasteiger charge is 2.04. The fraction of sp³-hybridized carbons (Fsp3) is 0.286. The Balaban J connectivity index is 2.24. The summed E-state index contributed by atoms with van der Waals surface area (Å²) in [5.41, 5.74) is 1.93. The van der Waals surface area contributed by atoms with Crippen molar-refractivity contribution in [3.63, 3.8) is 0 Å². The Labute approximate surface area is 105 Å². The van der Waals surface area contributed by atoms with Crippen molar-refractivity contribution < 1.29 is 4.39 Å². The summed E-state index contributed by atoms with van der Waals surface area (Å²) in [6.45, 7) is 5.85. The number of halogens is 1. The van der Waals surface area contributed by atoms with E-state index < -0.39 is 0 Å². The van der Waals surface area contributed by atoms with Gasteiger partial charge in [-0.25, -0.2) is 4.39 Å². The molecule has 0 aliphatic heterocycles. The summed E-state index contributed by atoms with van der Waals surface area (Å²) < 4.78 is 13.3. The van der Waals surface area contributed by atoms with Crippen LogP contribution in [-0.2, 0) is 6.54 Å². The lowest BCUT2D eigenvalue weighted by Gasteiger charge is -2.00. The molecule has 1 aromatic heterocycles. The van der Waals surface area contributed by atoms with Gasteiger partial charge in [0, 0.05) is 16.3 Å². The van der Waals surface area contributed by atoms with Crippen molar-refractivity contribution >= 4 is 11.3 Å². The van der Waals surface area contributed by atoms with Crippen LogP contribution in [0.5, 0.6) is 0 Å². The number of thiophene rings is 1. The molecule has 1 heterocycles. The van der Waals surface area contributed by atoms with Gasteiger partial charge < -0.3 is 5.32 Å². The third-order valence-corrected chi connectivity index (χ3v) is 3.67. The Kier molecular flexibility index (Phi) is 3.92. The van der Waals surface area contributed by atoms with Crippen LogP contribution in [0, 0.1) is 12.7 Å². The Morgan fingerprint density at radius 3 is 2.76 bits per heavy atom. The van der Waals surface area contributed by atoms with Crippen LogP contribution in [0.1, 0.15) is 17.4 Å². The Bertz CT molecular complexity index is 484. The first kappa shape index (κ1) is 12.3. The van der Waals surface area contributed by atoms with E-state index in [9.17, 15) is 4.39 Å². The molecule has 0 aliphatic rings. The Morgan fingerprint density at radius 2 is 2.06 bits per heavy atom. The normalized spacial score (nSPS) is 10.8. The van der Waals surface area contributed by atoms with Gasteiger partial charge in [0.05, 0.1) is 0 Å². The van der Waals surface area contributed by atoms with E-state index in [1.54, 1.807) is 23.5 Å². The molecule has 0 unspecified atom stereocenters. The van der Waals surface area contributed by atoms with Crippen LogP contribution in [0.2, 0.25) is 0 Å². The fourth-order valence-corrected chi connectivity index (χ4v) is 2.72. The SMILES string of the molecule is CCNCc1ccc(-c2cc(C)cc(F)c2)s1. The highest BCUT2D eigenvalue weighted by Crippen LogP contribution is 2.29. The van der Waals surface area contributed by atoms with Gasteiger partial charge in [-0.3, -0.25) is 0 Å². The summed E-state index contributed by atoms with van der Waals surface area (Å²) in [5.74, 6) is -0.165. The highest BCUT2D eigenvalue weighted by molar-refractivity contribution is 7.15. The van der Waals surface area contributed by atoms with Gasteiger partial charge >= 0.3 is 0 Å². The van der Waals surface area contributed by atoms with Crippen molar-refractivity contribution in [1.29, 1.82) is 0 Å². The zero-order valence-corrected chi connectivity index (χ0v) is 10.9. The molecule has 2 rings (SSSR count). The van der Waals surface area contributed by atoms with Gasteiger partial charge in [-0.15, -0.1) is 11.3 Å². The van der Waals surface area contributed by atoms with Crippen LogP contribution < -0.4 is 5.32 Å². The molecular weight excluding hydrogens is 233 g/mol. The number of benzene rings is 1. The average molecular weight is 249 g/mol. The van der Waals surface area contributed by atoms with Gasteiger partial charge in [0.2, 0.25) is 0 Å². The Morgan fingerprint density at radius 1 is 1.24 bits per heavy atom. The van der Waals surface area contributed by atoms with Crippen LogP contribution in [0.15, 0.2) is 30.3 Å². The van der Waals surface area contributed by atoms with Crippen LogP contribution in [-0.4, -0.2) is 6.54 Å². The lowest BCUT2D eigenvalue weighted by Crippen LogP contribution is -2.10. The summed E-state index contributed by atoms with van der Waals surface area (Å²) >= 11 is 1.71. The standard InChI is InChI=1S/C14H16FNS/c1-3-16-9-13-4-5-14(17-13)11-6-10(2)7-12(15)8-11/h4-8,16H,3,9H2,1-2H3. The molecule has 0 amide bonds. The molecule has 0 saturated heterocycles. The second kappa shape index (κ2) is 5.43. The van der Waals surface area contributed by atoms with E-state index in [4.69, 9.17) is 0 Å². The number of aryl methyl sites for hydroxylation is 1. The third-order valence-electron chi connectivity index (χ3n) is 2.54. The van der Waals surface area contributed by atoms with Crippen molar-refractivity contribution in [3.05, 3.63) is 46.6 Å². The third kappa shape index (κ3) is 3.14. The largest absolute Gasteiger partial charge is 0.312 e. The molecule has 0 fully saturated rings. The van der Waals surface area contributed by atoms with Crippen molar-refractivity contribution in [2.24, 2.45) is 0 Å². The number of hydrogen-bond acceptors (Lipinski definition) is 2. The quantitative estimate of drug-likeness (QED) is 0.864. The monoisotopic (exact) mass is 249 g/mol. The molecule has 0 saturated carbocycles. The molecule has 90 valence electrons. The van der Waals surface area contributed by atoms with Gasteiger partial charge in [0.1, 0.15) is 5.82 Å². The van der Waals surface area contributed by atoms with E-state index in [0.29, 0.717) is 0 Å². The zero-order chi connectivity index (χ0) is 12.3. The first-order chi connectivity index (χ1) is 8.19. The maximum absolute atomic E-state index is 13.3. The molecule has 0 aliphatic carbocycles. The second-order valence-corrected chi connectivity index (χ2v) is 5.23. The summed E-state index contributed by atoms with van der Waals surface area (Å²) in [5, 5.41) is 3.29. The summed E-state index contributed by atoms with van der Waals surface area (Å²) in [6, 6.07) is 9.33. The highest BCUT2D eigenvalue weighted by atomic mass is 32.1.